The van der Waals surface area contributed by atoms with E-state index in [-0.39, 0.29) is 43.6 Å². The number of alkyl carbamates (subject to hydrolysis) is 1. The highest BCUT2D eigenvalue weighted by Gasteiger charge is 2.26. The van der Waals surface area contributed by atoms with Crippen LogP contribution in [0, 0.1) is 0 Å². The van der Waals surface area contributed by atoms with E-state index in [4.69, 9.17) is 10.5 Å². The molecule has 4 aromatic rings. The molecule has 1 unspecified atom stereocenters. The van der Waals surface area contributed by atoms with E-state index in [1.54, 1.807) is 30.1 Å². The van der Waals surface area contributed by atoms with Crippen LogP contribution in [0.1, 0.15) is 65.7 Å². The first-order valence-electron chi connectivity index (χ1n) is 16.5. The van der Waals surface area contributed by atoms with E-state index in [0.717, 1.165) is 26.7 Å². The third-order valence-electron chi connectivity index (χ3n) is 7.89. The van der Waals surface area contributed by atoms with E-state index in [2.05, 4.69) is 39.8 Å². The average molecular weight is 706 g/mol. The van der Waals surface area contributed by atoms with Gasteiger partial charge in [-0.05, 0) is 49.8 Å². The zero-order chi connectivity index (χ0) is 35.0. The molecule has 3 atom stereocenters. The second-order valence-corrected chi connectivity index (χ2v) is 14.2. The summed E-state index contributed by atoms with van der Waals surface area (Å²) >= 11 is 3.00. The van der Waals surface area contributed by atoms with E-state index >= 15 is 0 Å². The fourth-order valence-corrected chi connectivity index (χ4v) is 6.61. The van der Waals surface area contributed by atoms with Crippen LogP contribution in [0.25, 0.3) is 0 Å². The summed E-state index contributed by atoms with van der Waals surface area (Å²) in [6.07, 6.45) is 3.76. The van der Waals surface area contributed by atoms with Crippen LogP contribution in [0.2, 0.25) is 0 Å². The van der Waals surface area contributed by atoms with Gasteiger partial charge in [-0.3, -0.25) is 9.78 Å². The SMILES string of the molecule is CC(C)c1nc(CN(C)C(=O)NC(CCN)C(=O)N[C@@H](CC[C@@H](Cc2ccccc2)NC(=O)OCc2cncs2)Cc2ccccc2)cs1. The number of thiazole rings is 2. The standard InChI is InChI=1S/C36H47N7O4S2/c1-25(2)34-40-30(23-48-34)21-43(3)35(45)42-32(16-17-37)33(44)39-28(18-26-10-6-4-7-11-26)14-15-29(19-27-12-8-5-9-13-27)41-36(46)47-22-31-20-38-24-49-31/h4-13,20,23-25,28-29,32H,14-19,21-22,37H2,1-3H3,(H,39,44)(H,41,46)(H,42,45)/t28-,29-,32?/m0/s1. The van der Waals surface area contributed by atoms with Crippen molar-refractivity contribution in [1.82, 2.24) is 30.8 Å². The van der Waals surface area contributed by atoms with Gasteiger partial charge in [0.05, 0.1) is 27.6 Å². The lowest BCUT2D eigenvalue weighted by molar-refractivity contribution is -0.123. The number of ether oxygens (including phenoxy) is 1. The molecule has 4 rings (SSSR count). The molecule has 0 aliphatic heterocycles. The van der Waals surface area contributed by atoms with Crippen molar-refractivity contribution in [3.63, 3.8) is 0 Å². The van der Waals surface area contributed by atoms with Gasteiger partial charge in [0.2, 0.25) is 5.91 Å². The molecule has 13 heteroatoms. The number of nitrogens with two attached hydrogens (primary N) is 1. The minimum absolute atomic E-state index is 0.146. The summed E-state index contributed by atoms with van der Waals surface area (Å²) in [6, 6.07) is 18.1. The molecule has 5 N–H and O–H groups in total. The fourth-order valence-electron chi connectivity index (χ4n) is 5.28. The maximum atomic E-state index is 13.7. The van der Waals surface area contributed by atoms with E-state index in [1.165, 1.54) is 16.2 Å². The fraction of sp³-hybridized carbons (Fsp3) is 0.417. The monoisotopic (exact) mass is 705 g/mol. The Bertz CT molecular complexity index is 1570. The van der Waals surface area contributed by atoms with Gasteiger partial charge in [0.25, 0.3) is 0 Å². The molecule has 2 aromatic heterocycles. The average Bonchev–Trinajstić information content (AvgIpc) is 3.80. The van der Waals surface area contributed by atoms with E-state index in [0.29, 0.717) is 38.1 Å². The summed E-state index contributed by atoms with van der Waals surface area (Å²) in [4.78, 5) is 50.8. The molecule has 2 aromatic carbocycles. The molecule has 49 heavy (non-hydrogen) atoms. The van der Waals surface area contributed by atoms with Crippen molar-refractivity contribution >= 4 is 40.7 Å². The maximum Gasteiger partial charge on any atom is 0.407 e. The van der Waals surface area contributed by atoms with Crippen molar-refractivity contribution in [3.05, 3.63) is 104 Å². The molecule has 2 heterocycles. The number of hydrogen-bond donors (Lipinski definition) is 4. The van der Waals surface area contributed by atoms with Crippen molar-refractivity contribution in [2.45, 2.75) is 83.1 Å². The summed E-state index contributed by atoms with van der Waals surface area (Å²) in [5, 5.41) is 12.1. The van der Waals surface area contributed by atoms with Crippen LogP contribution in [0.5, 0.6) is 0 Å². The molecule has 11 nitrogen and oxygen atoms in total. The number of carbonyl (C=O) groups is 3. The van der Waals surface area contributed by atoms with Crippen molar-refractivity contribution in [2.24, 2.45) is 5.73 Å². The molecule has 0 bridgehead atoms. The predicted octanol–water partition coefficient (Wildman–Crippen LogP) is 5.63. The number of aromatic nitrogens is 2. The molecular formula is C36H47N7O4S2. The smallest absolute Gasteiger partial charge is 0.407 e. The quantitative estimate of drug-likeness (QED) is 0.105. The Morgan fingerprint density at radius 1 is 0.878 bits per heavy atom. The number of amides is 4. The highest BCUT2D eigenvalue weighted by molar-refractivity contribution is 7.09. The van der Waals surface area contributed by atoms with Crippen LogP contribution in [0.4, 0.5) is 9.59 Å². The van der Waals surface area contributed by atoms with Crippen LogP contribution < -0.4 is 21.7 Å². The summed E-state index contributed by atoms with van der Waals surface area (Å²) in [5.74, 6) is 0.00663. The molecule has 0 fully saturated rings. The second-order valence-electron chi connectivity index (χ2n) is 12.3. The molecule has 0 aliphatic carbocycles. The van der Waals surface area contributed by atoms with Crippen LogP contribution in [0.15, 0.2) is 77.8 Å². The summed E-state index contributed by atoms with van der Waals surface area (Å²) in [6.45, 7) is 4.86. The molecule has 4 amide bonds. The van der Waals surface area contributed by atoms with E-state index < -0.39 is 12.1 Å². The van der Waals surface area contributed by atoms with Gasteiger partial charge in [0.1, 0.15) is 12.6 Å². The highest BCUT2D eigenvalue weighted by Crippen LogP contribution is 2.20. The molecule has 0 saturated carbocycles. The van der Waals surface area contributed by atoms with Crippen LogP contribution in [-0.4, -0.2) is 64.6 Å². The third kappa shape index (κ3) is 12.9. The van der Waals surface area contributed by atoms with Crippen LogP contribution in [0.3, 0.4) is 0 Å². The lowest BCUT2D eigenvalue weighted by Gasteiger charge is -2.27. The molecule has 0 radical (unpaired) electrons. The van der Waals surface area contributed by atoms with Gasteiger partial charge in [-0.25, -0.2) is 14.6 Å². The largest absolute Gasteiger partial charge is 0.444 e. The van der Waals surface area contributed by atoms with Gasteiger partial charge < -0.3 is 31.3 Å². The van der Waals surface area contributed by atoms with E-state index in [9.17, 15) is 14.4 Å². The second kappa shape index (κ2) is 19.6. The molecule has 0 aliphatic rings. The molecule has 0 spiro atoms. The van der Waals surface area contributed by atoms with Crippen molar-refractivity contribution in [1.29, 1.82) is 0 Å². The topological polar surface area (TPSA) is 152 Å². The maximum absolute atomic E-state index is 13.7. The van der Waals surface area contributed by atoms with Gasteiger partial charge in [-0.2, -0.15) is 0 Å². The Hall–Kier alpha value is -4.33. The summed E-state index contributed by atoms with van der Waals surface area (Å²) in [5.41, 5.74) is 10.5. The molecular weight excluding hydrogens is 659 g/mol. The lowest BCUT2D eigenvalue weighted by Crippen LogP contribution is -2.53. The summed E-state index contributed by atoms with van der Waals surface area (Å²) in [7, 11) is 1.68. The normalized spacial score (nSPS) is 12.9. The van der Waals surface area contributed by atoms with Crippen LogP contribution in [-0.2, 0) is 35.5 Å². The minimum atomic E-state index is -0.820. The Kier molecular flexibility index (Phi) is 15.0. The predicted molar refractivity (Wildman–Crippen MR) is 194 cm³/mol. The minimum Gasteiger partial charge on any atom is -0.444 e. The van der Waals surface area contributed by atoms with Crippen molar-refractivity contribution in [2.75, 3.05) is 13.6 Å². The Labute approximate surface area is 296 Å². The molecule has 0 saturated heterocycles. The zero-order valence-corrected chi connectivity index (χ0v) is 30.0. The zero-order valence-electron chi connectivity index (χ0n) is 28.3. The number of hydrogen-bond acceptors (Lipinski definition) is 9. The van der Waals surface area contributed by atoms with Gasteiger partial charge in [0.15, 0.2) is 0 Å². The van der Waals surface area contributed by atoms with Gasteiger partial charge in [-0.15, -0.1) is 22.7 Å². The first-order chi connectivity index (χ1) is 23.7. The Balaban J connectivity index is 1.42. The van der Waals surface area contributed by atoms with Gasteiger partial charge >= 0.3 is 12.1 Å². The summed E-state index contributed by atoms with van der Waals surface area (Å²) < 4.78 is 5.48. The lowest BCUT2D eigenvalue weighted by atomic mass is 9.95. The Morgan fingerprint density at radius 3 is 2.06 bits per heavy atom. The number of nitrogens with zero attached hydrogens (tertiary/aromatic N) is 3. The molecule has 262 valence electrons. The number of rotatable bonds is 18. The van der Waals surface area contributed by atoms with Gasteiger partial charge in [0, 0.05) is 36.6 Å². The first kappa shape index (κ1) is 37.5. The number of urea groups is 1. The number of carbonyl (C=O) groups excluding carboxylic acids is 3. The van der Waals surface area contributed by atoms with Crippen molar-refractivity contribution in [3.8, 4) is 0 Å². The number of benzene rings is 2. The Morgan fingerprint density at radius 2 is 1.51 bits per heavy atom. The first-order valence-corrected chi connectivity index (χ1v) is 18.3. The third-order valence-corrected chi connectivity index (χ3v) is 9.84. The highest BCUT2D eigenvalue weighted by atomic mass is 32.1. The van der Waals surface area contributed by atoms with Crippen molar-refractivity contribution < 1.29 is 19.1 Å². The van der Waals surface area contributed by atoms with Crippen LogP contribution >= 0.6 is 22.7 Å². The van der Waals surface area contributed by atoms with Gasteiger partial charge in [-0.1, -0.05) is 74.5 Å². The number of nitrogens with one attached hydrogen (secondary N) is 3. The van der Waals surface area contributed by atoms with E-state index in [1.807, 2.05) is 66.0 Å².